The molecule has 2 N–H and O–H groups in total. The number of fused-ring (bicyclic) bond motifs is 1. The molecule has 1 unspecified atom stereocenters. The maximum absolute atomic E-state index is 11.8. The Labute approximate surface area is 102 Å². The summed E-state index contributed by atoms with van der Waals surface area (Å²) in [5.41, 5.74) is 9.57. The largest absolute Gasteiger partial charge is 0.321 e. The lowest BCUT2D eigenvalue weighted by molar-refractivity contribution is -0.119. The molecule has 0 aromatic heterocycles. The Morgan fingerprint density at radius 3 is 2.94 bits per heavy atom. The van der Waals surface area contributed by atoms with E-state index in [9.17, 15) is 4.79 Å². The molecule has 17 heavy (non-hydrogen) atoms. The Bertz CT molecular complexity index is 470. The van der Waals surface area contributed by atoms with Crippen molar-refractivity contribution in [3.8, 4) is 12.3 Å². The Hall–Kier alpha value is -1.59. The van der Waals surface area contributed by atoms with E-state index in [1.807, 2.05) is 6.07 Å². The van der Waals surface area contributed by atoms with Crippen molar-refractivity contribution in [1.29, 1.82) is 0 Å². The quantitative estimate of drug-likeness (QED) is 0.795. The number of terminal acetylenes is 1. The SMILES string of the molecule is C#CCC(N)C(=O)Cc1ccc2c(c1)CCC2. The van der Waals surface area contributed by atoms with Crippen LogP contribution in [0.25, 0.3) is 0 Å². The Balaban J connectivity index is 2.04. The zero-order valence-corrected chi connectivity index (χ0v) is 9.91. The van der Waals surface area contributed by atoms with Gasteiger partial charge in [-0.3, -0.25) is 4.79 Å². The molecule has 0 saturated heterocycles. The highest BCUT2D eigenvalue weighted by Crippen LogP contribution is 2.23. The van der Waals surface area contributed by atoms with E-state index < -0.39 is 6.04 Å². The van der Waals surface area contributed by atoms with E-state index in [2.05, 4.69) is 18.1 Å². The number of hydrogen-bond donors (Lipinski definition) is 1. The molecule has 0 aliphatic heterocycles. The van der Waals surface area contributed by atoms with Gasteiger partial charge in [0.05, 0.1) is 6.04 Å². The van der Waals surface area contributed by atoms with Gasteiger partial charge in [-0.15, -0.1) is 12.3 Å². The van der Waals surface area contributed by atoms with E-state index in [1.165, 1.54) is 24.0 Å². The third-order valence-corrected chi connectivity index (χ3v) is 3.29. The molecule has 1 atom stereocenters. The van der Waals surface area contributed by atoms with E-state index in [0.29, 0.717) is 12.8 Å². The molecule has 2 heteroatoms. The molecule has 0 spiro atoms. The topological polar surface area (TPSA) is 43.1 Å². The summed E-state index contributed by atoms with van der Waals surface area (Å²) < 4.78 is 0. The molecule has 1 aliphatic carbocycles. The van der Waals surface area contributed by atoms with Crippen molar-refractivity contribution in [2.45, 2.75) is 38.1 Å². The van der Waals surface area contributed by atoms with Crippen LogP contribution in [0.5, 0.6) is 0 Å². The number of carbonyl (C=O) groups is 1. The lowest BCUT2D eigenvalue weighted by Crippen LogP contribution is -2.31. The molecule has 0 heterocycles. The number of carbonyl (C=O) groups excluding carboxylic acids is 1. The normalized spacial score (nSPS) is 15.1. The van der Waals surface area contributed by atoms with Crippen molar-refractivity contribution >= 4 is 5.78 Å². The first kappa shape index (κ1) is 11.9. The van der Waals surface area contributed by atoms with Crippen LogP contribution in [0.15, 0.2) is 18.2 Å². The molecule has 0 fully saturated rings. The standard InChI is InChI=1S/C15H17NO/c1-2-4-14(16)15(17)10-11-7-8-12-5-3-6-13(12)9-11/h1,7-9,14H,3-6,10,16H2. The molecule has 2 nitrogen and oxygen atoms in total. The number of nitrogens with two attached hydrogens (primary N) is 1. The summed E-state index contributed by atoms with van der Waals surface area (Å²) >= 11 is 0. The monoisotopic (exact) mass is 227 g/mol. The van der Waals surface area contributed by atoms with Crippen LogP contribution >= 0.6 is 0 Å². The van der Waals surface area contributed by atoms with E-state index >= 15 is 0 Å². The smallest absolute Gasteiger partial charge is 0.154 e. The number of aryl methyl sites for hydroxylation is 2. The number of rotatable bonds is 4. The van der Waals surface area contributed by atoms with Gasteiger partial charge in [-0.05, 0) is 36.0 Å². The molecule has 0 bridgehead atoms. The lowest BCUT2D eigenvalue weighted by Gasteiger charge is -2.08. The first-order valence-electron chi connectivity index (χ1n) is 6.03. The van der Waals surface area contributed by atoms with Gasteiger partial charge in [0.2, 0.25) is 0 Å². The average Bonchev–Trinajstić information content (AvgIpc) is 2.76. The van der Waals surface area contributed by atoms with Crippen molar-refractivity contribution in [2.75, 3.05) is 0 Å². The van der Waals surface area contributed by atoms with Gasteiger partial charge in [-0.2, -0.15) is 0 Å². The van der Waals surface area contributed by atoms with Gasteiger partial charge in [-0.25, -0.2) is 0 Å². The van der Waals surface area contributed by atoms with Crippen molar-refractivity contribution in [2.24, 2.45) is 5.73 Å². The predicted molar refractivity (Wildman–Crippen MR) is 68.6 cm³/mol. The highest BCUT2D eigenvalue weighted by Gasteiger charge is 2.15. The second kappa shape index (κ2) is 5.16. The van der Waals surface area contributed by atoms with Crippen LogP contribution in [0.3, 0.4) is 0 Å². The van der Waals surface area contributed by atoms with Crippen LogP contribution < -0.4 is 5.73 Å². The minimum Gasteiger partial charge on any atom is -0.321 e. The Morgan fingerprint density at radius 1 is 1.41 bits per heavy atom. The van der Waals surface area contributed by atoms with Crippen LogP contribution in [0.2, 0.25) is 0 Å². The maximum atomic E-state index is 11.8. The zero-order chi connectivity index (χ0) is 12.3. The summed E-state index contributed by atoms with van der Waals surface area (Å²) in [7, 11) is 0. The van der Waals surface area contributed by atoms with E-state index in [1.54, 1.807) is 0 Å². The van der Waals surface area contributed by atoms with Crippen molar-refractivity contribution in [1.82, 2.24) is 0 Å². The summed E-state index contributed by atoms with van der Waals surface area (Å²) in [5.74, 6) is 2.46. The first-order valence-corrected chi connectivity index (χ1v) is 6.03. The van der Waals surface area contributed by atoms with Gasteiger partial charge in [-0.1, -0.05) is 18.2 Å². The van der Waals surface area contributed by atoms with Gasteiger partial charge >= 0.3 is 0 Å². The molecule has 1 aliphatic rings. The van der Waals surface area contributed by atoms with Crippen LogP contribution in [0.1, 0.15) is 29.5 Å². The molecule has 88 valence electrons. The second-order valence-electron chi connectivity index (χ2n) is 4.61. The molecular formula is C15H17NO. The van der Waals surface area contributed by atoms with E-state index in [0.717, 1.165) is 12.0 Å². The van der Waals surface area contributed by atoms with E-state index in [-0.39, 0.29) is 5.78 Å². The third kappa shape index (κ3) is 2.75. The summed E-state index contributed by atoms with van der Waals surface area (Å²) in [6.07, 6.45) is 9.40. The van der Waals surface area contributed by atoms with E-state index in [4.69, 9.17) is 12.2 Å². The van der Waals surface area contributed by atoms with Crippen LogP contribution in [-0.4, -0.2) is 11.8 Å². The van der Waals surface area contributed by atoms with Gasteiger partial charge in [0.25, 0.3) is 0 Å². The minimum absolute atomic E-state index is 0.0286. The first-order chi connectivity index (χ1) is 8.20. The van der Waals surface area contributed by atoms with Gasteiger partial charge in [0, 0.05) is 12.8 Å². The fourth-order valence-corrected chi connectivity index (χ4v) is 2.31. The number of benzene rings is 1. The second-order valence-corrected chi connectivity index (χ2v) is 4.61. The number of ketones is 1. The molecule has 0 saturated carbocycles. The molecular weight excluding hydrogens is 210 g/mol. The predicted octanol–water partition coefficient (Wildman–Crippen LogP) is 1.64. The van der Waals surface area contributed by atoms with Crippen LogP contribution in [-0.2, 0) is 24.1 Å². The molecule has 1 aromatic rings. The van der Waals surface area contributed by atoms with Gasteiger partial charge < -0.3 is 5.73 Å². The maximum Gasteiger partial charge on any atom is 0.154 e. The third-order valence-electron chi connectivity index (χ3n) is 3.29. The van der Waals surface area contributed by atoms with Crippen molar-refractivity contribution < 1.29 is 4.79 Å². The van der Waals surface area contributed by atoms with Crippen LogP contribution in [0.4, 0.5) is 0 Å². The van der Waals surface area contributed by atoms with Gasteiger partial charge in [0.1, 0.15) is 0 Å². The van der Waals surface area contributed by atoms with Crippen molar-refractivity contribution in [3.63, 3.8) is 0 Å². The van der Waals surface area contributed by atoms with Crippen molar-refractivity contribution in [3.05, 3.63) is 34.9 Å². The summed E-state index contributed by atoms with van der Waals surface area (Å²) in [4.78, 5) is 11.8. The summed E-state index contributed by atoms with van der Waals surface area (Å²) in [5, 5.41) is 0. The summed E-state index contributed by atoms with van der Waals surface area (Å²) in [6, 6.07) is 5.79. The Kier molecular flexibility index (Phi) is 3.61. The summed E-state index contributed by atoms with van der Waals surface area (Å²) in [6.45, 7) is 0. The average molecular weight is 227 g/mol. The lowest BCUT2D eigenvalue weighted by atomic mass is 9.99. The molecule has 0 radical (unpaired) electrons. The van der Waals surface area contributed by atoms with Crippen LogP contribution in [0, 0.1) is 12.3 Å². The molecule has 2 rings (SSSR count). The zero-order valence-electron chi connectivity index (χ0n) is 9.91. The number of hydrogen-bond acceptors (Lipinski definition) is 2. The highest BCUT2D eigenvalue weighted by molar-refractivity contribution is 5.86. The fourth-order valence-electron chi connectivity index (χ4n) is 2.31. The Morgan fingerprint density at radius 2 is 2.18 bits per heavy atom. The minimum atomic E-state index is -0.520. The van der Waals surface area contributed by atoms with Gasteiger partial charge in [0.15, 0.2) is 5.78 Å². The molecule has 1 aromatic carbocycles. The number of Topliss-reactive ketones (excluding diaryl/α,β-unsaturated/α-hetero) is 1. The molecule has 0 amide bonds. The highest BCUT2D eigenvalue weighted by atomic mass is 16.1. The fraction of sp³-hybridized carbons (Fsp3) is 0.400.